The molecule has 2 heterocycles. The van der Waals surface area contributed by atoms with Crippen LogP contribution in [0.4, 0.5) is 0 Å². The number of ether oxygens (including phenoxy) is 1. The molecule has 1 aromatic heterocycles. The molecule has 0 N–H and O–H groups in total. The van der Waals surface area contributed by atoms with Crippen LogP contribution in [-0.2, 0) is 11.2 Å². The maximum Gasteiger partial charge on any atom is 0.108 e. The largest absolute Gasteiger partial charge is 0.471 e. The molecular formula is C25H21N5O. The number of fused-ring (bicyclic) bond motifs is 2. The van der Waals surface area contributed by atoms with Crippen molar-refractivity contribution in [2.24, 2.45) is 9.98 Å². The summed E-state index contributed by atoms with van der Waals surface area (Å²) in [6.07, 6.45) is 26.7. The summed E-state index contributed by atoms with van der Waals surface area (Å²) >= 11 is 0. The van der Waals surface area contributed by atoms with Gasteiger partial charge in [-0.3, -0.25) is 9.98 Å². The van der Waals surface area contributed by atoms with Crippen molar-refractivity contribution >= 4 is 18.6 Å². The predicted octanol–water partition coefficient (Wildman–Crippen LogP) is 3.60. The molecule has 6 heteroatoms. The Bertz CT molecular complexity index is 1250. The summed E-state index contributed by atoms with van der Waals surface area (Å²) in [5.41, 5.74) is 1.38. The van der Waals surface area contributed by atoms with Gasteiger partial charge in [0.2, 0.25) is 0 Å². The molecule has 0 saturated heterocycles. The lowest BCUT2D eigenvalue weighted by Gasteiger charge is -1.97. The first-order valence-electron chi connectivity index (χ1n) is 9.61. The summed E-state index contributed by atoms with van der Waals surface area (Å²) in [5, 5.41) is 10.9. The molecule has 0 unspecified atom stereocenters. The molecule has 0 spiro atoms. The van der Waals surface area contributed by atoms with Crippen LogP contribution in [0.1, 0.15) is 5.69 Å². The van der Waals surface area contributed by atoms with Gasteiger partial charge < -0.3 is 9.30 Å². The van der Waals surface area contributed by atoms with E-state index in [1.54, 1.807) is 43.2 Å². The normalized spacial score (nSPS) is 14.5. The standard InChI is InChI=1S/C25H21N5O/c26-17-22-9-5-7-15-30-21-28-19-24(30)12-14-27-18-23-10-3-4-11-25(23)29-13-6-1-2-8-16-31-20-22/h1-11,13-16,18-21H,12H2. The van der Waals surface area contributed by atoms with E-state index in [-0.39, 0.29) is 0 Å². The van der Waals surface area contributed by atoms with Gasteiger partial charge in [0, 0.05) is 48.3 Å². The highest BCUT2D eigenvalue weighted by Crippen LogP contribution is 2.02. The Morgan fingerprint density at radius 2 is 1.94 bits per heavy atom. The lowest BCUT2D eigenvalue weighted by molar-refractivity contribution is 0.401. The van der Waals surface area contributed by atoms with Gasteiger partial charge in [0.1, 0.15) is 12.3 Å². The van der Waals surface area contributed by atoms with Crippen molar-refractivity contribution in [1.82, 2.24) is 9.55 Å². The summed E-state index contributed by atoms with van der Waals surface area (Å²) in [7, 11) is 0. The number of aliphatic imine (C=N–C) groups is 1. The molecule has 152 valence electrons. The third kappa shape index (κ3) is 7.11. The van der Waals surface area contributed by atoms with Crippen LogP contribution < -0.4 is 10.6 Å². The topological polar surface area (TPSA) is 75.6 Å². The first kappa shape index (κ1) is 21.2. The minimum Gasteiger partial charge on any atom is -0.471 e. The predicted molar refractivity (Wildman–Crippen MR) is 123 cm³/mol. The molecule has 0 fully saturated rings. The van der Waals surface area contributed by atoms with Gasteiger partial charge >= 0.3 is 0 Å². The Morgan fingerprint density at radius 1 is 1.03 bits per heavy atom. The van der Waals surface area contributed by atoms with Crippen molar-refractivity contribution in [3.05, 3.63) is 120 Å². The van der Waals surface area contributed by atoms with Gasteiger partial charge in [-0.15, -0.1) is 0 Å². The first-order valence-corrected chi connectivity index (χ1v) is 9.61. The fourth-order valence-corrected chi connectivity index (χ4v) is 2.53. The number of nitriles is 1. The van der Waals surface area contributed by atoms with Gasteiger partial charge in [-0.1, -0.05) is 36.4 Å². The second kappa shape index (κ2) is 12.1. The van der Waals surface area contributed by atoms with Crippen LogP contribution in [0.5, 0.6) is 0 Å². The number of para-hydroxylation sites is 1. The number of hydrogen-bond acceptors (Lipinski definition) is 5. The highest BCUT2D eigenvalue weighted by molar-refractivity contribution is 5.64. The smallest absolute Gasteiger partial charge is 0.108 e. The quantitative estimate of drug-likeness (QED) is 0.670. The van der Waals surface area contributed by atoms with E-state index in [1.165, 1.54) is 12.5 Å². The van der Waals surface area contributed by atoms with Crippen LogP contribution in [0.25, 0.3) is 12.4 Å². The second-order valence-electron chi connectivity index (χ2n) is 6.22. The number of imidazole rings is 1. The number of hydrogen-bond donors (Lipinski definition) is 0. The Hall–Kier alpha value is -4.50. The minimum absolute atomic E-state index is 0.395. The molecule has 6 nitrogen and oxygen atoms in total. The van der Waals surface area contributed by atoms with Crippen LogP contribution >= 0.6 is 0 Å². The summed E-state index contributed by atoms with van der Waals surface area (Å²) in [6, 6.07) is 9.88. The van der Waals surface area contributed by atoms with E-state index in [1.807, 2.05) is 65.6 Å². The summed E-state index contributed by atoms with van der Waals surface area (Å²) in [4.78, 5) is 13.1. The van der Waals surface area contributed by atoms with E-state index in [0.29, 0.717) is 12.0 Å². The highest BCUT2D eigenvalue weighted by Gasteiger charge is 1.96. The molecule has 1 aliphatic heterocycles. The number of rotatable bonds is 0. The fourth-order valence-electron chi connectivity index (χ4n) is 2.53. The van der Waals surface area contributed by atoms with Crippen LogP contribution in [0.2, 0.25) is 0 Å². The highest BCUT2D eigenvalue weighted by atomic mass is 16.5. The van der Waals surface area contributed by atoms with Crippen LogP contribution in [0, 0.1) is 11.3 Å². The van der Waals surface area contributed by atoms with Crippen LogP contribution in [0.3, 0.4) is 0 Å². The van der Waals surface area contributed by atoms with Crippen molar-refractivity contribution in [3.8, 4) is 6.07 Å². The monoisotopic (exact) mass is 407 g/mol. The molecule has 0 aliphatic carbocycles. The number of allylic oxidation sites excluding steroid dienone is 8. The van der Waals surface area contributed by atoms with Gasteiger partial charge in [-0.2, -0.15) is 5.26 Å². The summed E-state index contributed by atoms with van der Waals surface area (Å²) in [5.74, 6) is 0. The zero-order valence-electron chi connectivity index (χ0n) is 16.8. The number of nitrogens with zero attached hydrogens (tertiary/aromatic N) is 5. The van der Waals surface area contributed by atoms with Crippen LogP contribution in [-0.4, -0.2) is 15.8 Å². The molecular weight excluding hydrogens is 386 g/mol. The SMILES string of the molecule is N#CC1=COC=CC=CC=CN=c2ccccc2=CN=CCc2cncn2C=CC=C1. The molecule has 2 aromatic rings. The van der Waals surface area contributed by atoms with Crippen molar-refractivity contribution < 1.29 is 4.74 Å². The van der Waals surface area contributed by atoms with Gasteiger partial charge in [-0.05, 0) is 30.4 Å². The minimum atomic E-state index is 0.395. The van der Waals surface area contributed by atoms with E-state index < -0.39 is 0 Å². The maximum atomic E-state index is 9.19. The van der Waals surface area contributed by atoms with Crippen molar-refractivity contribution in [2.45, 2.75) is 6.42 Å². The summed E-state index contributed by atoms with van der Waals surface area (Å²) < 4.78 is 7.17. The molecule has 0 amide bonds. The first-order chi connectivity index (χ1) is 15.4. The average Bonchev–Trinajstić information content (AvgIpc) is 3.24. The Morgan fingerprint density at radius 3 is 2.87 bits per heavy atom. The zero-order chi connectivity index (χ0) is 21.6. The molecule has 0 bridgehead atoms. The van der Waals surface area contributed by atoms with E-state index in [9.17, 15) is 5.26 Å². The average molecular weight is 407 g/mol. The summed E-state index contributed by atoms with van der Waals surface area (Å²) in [6.45, 7) is 0. The van der Waals surface area contributed by atoms with Gasteiger partial charge in [0.15, 0.2) is 0 Å². The molecule has 1 aromatic carbocycles. The lowest BCUT2D eigenvalue weighted by atomic mass is 10.3. The van der Waals surface area contributed by atoms with Crippen molar-refractivity contribution in [2.75, 3.05) is 0 Å². The Balaban J connectivity index is 1.91. The zero-order valence-corrected chi connectivity index (χ0v) is 16.8. The molecule has 3 rings (SSSR count). The fraction of sp³-hybridized carbons (Fsp3) is 0.0400. The van der Waals surface area contributed by atoms with Gasteiger partial charge in [0.05, 0.1) is 23.5 Å². The third-order valence-corrected chi connectivity index (χ3v) is 4.05. The molecule has 0 radical (unpaired) electrons. The number of benzene rings is 1. The number of aromatic nitrogens is 2. The Labute approximate surface area is 180 Å². The van der Waals surface area contributed by atoms with Crippen molar-refractivity contribution in [1.29, 1.82) is 5.26 Å². The second-order valence-corrected chi connectivity index (χ2v) is 6.22. The van der Waals surface area contributed by atoms with E-state index in [0.717, 1.165) is 16.3 Å². The molecule has 0 saturated carbocycles. The molecule has 1 aliphatic rings. The van der Waals surface area contributed by atoms with Crippen LogP contribution in [0.15, 0.2) is 114 Å². The molecule has 0 atom stereocenters. The maximum absolute atomic E-state index is 9.19. The van der Waals surface area contributed by atoms with E-state index >= 15 is 0 Å². The third-order valence-electron chi connectivity index (χ3n) is 4.05. The van der Waals surface area contributed by atoms with E-state index in [4.69, 9.17) is 4.74 Å². The van der Waals surface area contributed by atoms with E-state index in [2.05, 4.69) is 21.0 Å². The van der Waals surface area contributed by atoms with Crippen molar-refractivity contribution in [3.63, 3.8) is 0 Å². The van der Waals surface area contributed by atoms with Gasteiger partial charge in [-0.25, -0.2) is 4.98 Å². The lowest BCUT2D eigenvalue weighted by Crippen LogP contribution is -2.23. The Kier molecular flexibility index (Phi) is 8.31. The molecule has 31 heavy (non-hydrogen) atoms. The van der Waals surface area contributed by atoms with Gasteiger partial charge in [0.25, 0.3) is 0 Å².